The topological polar surface area (TPSA) is 72.8 Å². The molecule has 0 bridgehead atoms. The first-order valence-electron chi connectivity index (χ1n) is 4.35. The normalized spacial score (nSPS) is 20.1. The fraction of sp³-hybridized carbons (Fsp3) is 0.400. The highest BCUT2D eigenvalue weighted by molar-refractivity contribution is 5.97. The van der Waals surface area contributed by atoms with E-state index in [-0.39, 0.29) is 17.6 Å². The third kappa shape index (κ3) is 2.66. The van der Waals surface area contributed by atoms with Crippen molar-refractivity contribution in [2.24, 2.45) is 0 Å². The molecular weight excluding hydrogens is 200 g/mol. The molecule has 0 aromatic heterocycles. The highest BCUT2D eigenvalue weighted by Crippen LogP contribution is 2.19. The summed E-state index contributed by atoms with van der Waals surface area (Å²) in [4.78, 5) is 22.4. The van der Waals surface area contributed by atoms with Crippen LogP contribution in [0.2, 0.25) is 0 Å². The van der Waals surface area contributed by atoms with Crippen LogP contribution in [0.15, 0.2) is 23.3 Å². The molecule has 0 amide bonds. The van der Waals surface area contributed by atoms with Crippen LogP contribution in [0, 0.1) is 0 Å². The van der Waals surface area contributed by atoms with Gasteiger partial charge in [-0.2, -0.15) is 0 Å². The lowest BCUT2D eigenvalue weighted by atomic mass is 9.97. The molecule has 0 spiro atoms. The number of hydrogen-bond donors (Lipinski definition) is 1. The molecule has 1 atom stereocenters. The second-order valence-electron chi connectivity index (χ2n) is 3.05. The van der Waals surface area contributed by atoms with Gasteiger partial charge in [-0.05, 0) is 12.2 Å². The Bertz CT molecular complexity index is 340. The first-order chi connectivity index (χ1) is 7.08. The van der Waals surface area contributed by atoms with E-state index in [0.717, 1.165) is 0 Å². The molecule has 1 rings (SSSR count). The molecule has 1 aliphatic rings. The van der Waals surface area contributed by atoms with E-state index in [1.165, 1.54) is 26.4 Å². The molecule has 0 aromatic carbocycles. The van der Waals surface area contributed by atoms with Gasteiger partial charge in [0, 0.05) is 12.0 Å². The van der Waals surface area contributed by atoms with E-state index in [4.69, 9.17) is 0 Å². The number of carbonyl (C=O) groups is 2. The molecular formula is C10H12O5. The number of rotatable bonds is 2. The molecule has 1 N–H and O–H groups in total. The summed E-state index contributed by atoms with van der Waals surface area (Å²) in [5, 5.41) is 9.41. The summed E-state index contributed by atoms with van der Waals surface area (Å²) >= 11 is 0. The molecule has 0 saturated carbocycles. The first kappa shape index (κ1) is 11.5. The maximum absolute atomic E-state index is 11.2. The number of esters is 2. The van der Waals surface area contributed by atoms with Crippen molar-refractivity contribution in [1.82, 2.24) is 0 Å². The van der Waals surface area contributed by atoms with Crippen molar-refractivity contribution in [3.05, 3.63) is 23.3 Å². The van der Waals surface area contributed by atoms with Gasteiger partial charge in [-0.25, -0.2) is 9.59 Å². The molecule has 0 aromatic rings. The molecule has 0 aliphatic heterocycles. The Balaban J connectivity index is 2.93. The van der Waals surface area contributed by atoms with Gasteiger partial charge in [0.05, 0.1) is 25.9 Å². The van der Waals surface area contributed by atoms with Gasteiger partial charge in [-0.15, -0.1) is 0 Å². The molecule has 82 valence electrons. The van der Waals surface area contributed by atoms with Gasteiger partial charge < -0.3 is 14.6 Å². The largest absolute Gasteiger partial charge is 0.466 e. The van der Waals surface area contributed by atoms with Crippen LogP contribution in [-0.2, 0) is 19.1 Å². The Morgan fingerprint density at radius 2 is 1.93 bits per heavy atom. The lowest BCUT2D eigenvalue weighted by Gasteiger charge is -2.15. The van der Waals surface area contributed by atoms with Crippen molar-refractivity contribution in [3.8, 4) is 0 Å². The summed E-state index contributed by atoms with van der Waals surface area (Å²) in [5.41, 5.74) is 0.421. The fourth-order valence-electron chi connectivity index (χ4n) is 1.30. The molecule has 0 saturated heterocycles. The first-order valence-corrected chi connectivity index (χ1v) is 4.35. The van der Waals surface area contributed by atoms with Gasteiger partial charge in [-0.1, -0.05) is 0 Å². The standard InChI is InChI=1S/C10H12O5/c1-14-9(12)6-3-7(10(13)15-2)5-8(11)4-6/h3-4,8,11H,5H2,1-2H3. The van der Waals surface area contributed by atoms with Crippen molar-refractivity contribution in [2.75, 3.05) is 14.2 Å². The zero-order valence-corrected chi connectivity index (χ0v) is 8.52. The zero-order chi connectivity index (χ0) is 11.4. The number of carbonyl (C=O) groups excluding carboxylic acids is 2. The number of ether oxygens (including phenoxy) is 2. The number of aliphatic hydroxyl groups is 1. The summed E-state index contributed by atoms with van der Waals surface area (Å²) < 4.78 is 8.99. The third-order valence-electron chi connectivity index (χ3n) is 2.00. The average molecular weight is 212 g/mol. The van der Waals surface area contributed by atoms with E-state index in [1.54, 1.807) is 0 Å². The Morgan fingerprint density at radius 3 is 2.47 bits per heavy atom. The van der Waals surface area contributed by atoms with Crippen LogP contribution in [0.25, 0.3) is 0 Å². The Morgan fingerprint density at radius 1 is 1.33 bits per heavy atom. The van der Waals surface area contributed by atoms with E-state index in [1.807, 2.05) is 0 Å². The van der Waals surface area contributed by atoms with Crippen LogP contribution in [0.1, 0.15) is 6.42 Å². The van der Waals surface area contributed by atoms with Crippen molar-refractivity contribution in [1.29, 1.82) is 0 Å². The minimum absolute atomic E-state index is 0.146. The van der Waals surface area contributed by atoms with Crippen LogP contribution in [0.4, 0.5) is 0 Å². The number of aliphatic hydroxyl groups excluding tert-OH is 1. The van der Waals surface area contributed by atoms with Gasteiger partial charge in [0.25, 0.3) is 0 Å². The van der Waals surface area contributed by atoms with Gasteiger partial charge in [-0.3, -0.25) is 0 Å². The lowest BCUT2D eigenvalue weighted by molar-refractivity contribution is -0.136. The predicted molar refractivity (Wildman–Crippen MR) is 50.8 cm³/mol. The number of methoxy groups -OCH3 is 2. The zero-order valence-electron chi connectivity index (χ0n) is 8.52. The molecule has 5 nitrogen and oxygen atoms in total. The summed E-state index contributed by atoms with van der Waals surface area (Å²) in [6.07, 6.45) is 1.99. The van der Waals surface area contributed by atoms with Crippen LogP contribution >= 0.6 is 0 Å². The molecule has 0 fully saturated rings. The monoisotopic (exact) mass is 212 g/mol. The second kappa shape index (κ2) is 4.75. The summed E-state index contributed by atoms with van der Waals surface area (Å²) in [5.74, 6) is -1.14. The molecule has 15 heavy (non-hydrogen) atoms. The smallest absolute Gasteiger partial charge is 0.337 e. The van der Waals surface area contributed by atoms with Crippen molar-refractivity contribution < 1.29 is 24.2 Å². The predicted octanol–water partition coefficient (Wildman–Crippen LogP) is -0.0502. The van der Waals surface area contributed by atoms with Crippen LogP contribution in [-0.4, -0.2) is 37.4 Å². The van der Waals surface area contributed by atoms with Crippen molar-refractivity contribution in [2.45, 2.75) is 12.5 Å². The van der Waals surface area contributed by atoms with E-state index < -0.39 is 18.0 Å². The summed E-state index contributed by atoms with van der Waals surface area (Å²) in [7, 11) is 2.47. The van der Waals surface area contributed by atoms with Gasteiger partial charge >= 0.3 is 11.9 Å². The summed E-state index contributed by atoms with van der Waals surface area (Å²) in [6, 6.07) is 0. The maximum atomic E-state index is 11.2. The van der Waals surface area contributed by atoms with Gasteiger partial charge in [0.2, 0.25) is 0 Å². The highest BCUT2D eigenvalue weighted by Gasteiger charge is 2.22. The van der Waals surface area contributed by atoms with Crippen molar-refractivity contribution >= 4 is 11.9 Å². The van der Waals surface area contributed by atoms with Gasteiger partial charge in [0.1, 0.15) is 0 Å². The summed E-state index contributed by atoms with van der Waals surface area (Å²) in [6.45, 7) is 0. The third-order valence-corrected chi connectivity index (χ3v) is 2.00. The number of hydrogen-bond acceptors (Lipinski definition) is 5. The van der Waals surface area contributed by atoms with Crippen LogP contribution in [0.3, 0.4) is 0 Å². The van der Waals surface area contributed by atoms with E-state index in [0.29, 0.717) is 0 Å². The quantitative estimate of drug-likeness (QED) is 0.650. The molecule has 1 unspecified atom stereocenters. The second-order valence-corrected chi connectivity index (χ2v) is 3.05. The van der Waals surface area contributed by atoms with E-state index in [2.05, 4.69) is 9.47 Å². The SMILES string of the molecule is COC(=O)C1=CC(O)CC(C(=O)OC)=C1. The Labute approximate surface area is 87.0 Å². The Hall–Kier alpha value is -1.62. The molecule has 0 heterocycles. The average Bonchev–Trinajstić information content (AvgIpc) is 2.26. The Kier molecular flexibility index (Phi) is 3.62. The maximum Gasteiger partial charge on any atom is 0.337 e. The molecule has 1 aliphatic carbocycles. The minimum Gasteiger partial charge on any atom is -0.466 e. The highest BCUT2D eigenvalue weighted by atomic mass is 16.5. The molecule has 0 radical (unpaired) electrons. The lowest BCUT2D eigenvalue weighted by Crippen LogP contribution is -2.19. The van der Waals surface area contributed by atoms with E-state index >= 15 is 0 Å². The van der Waals surface area contributed by atoms with Gasteiger partial charge in [0.15, 0.2) is 0 Å². The van der Waals surface area contributed by atoms with Crippen LogP contribution in [0.5, 0.6) is 0 Å². The van der Waals surface area contributed by atoms with Crippen molar-refractivity contribution in [3.63, 3.8) is 0 Å². The molecule has 5 heteroatoms. The van der Waals surface area contributed by atoms with E-state index in [9.17, 15) is 14.7 Å². The fourth-order valence-corrected chi connectivity index (χ4v) is 1.30. The van der Waals surface area contributed by atoms with Crippen LogP contribution < -0.4 is 0 Å². The minimum atomic E-state index is -0.863.